The predicted octanol–water partition coefficient (Wildman–Crippen LogP) is 2.69. The summed E-state index contributed by atoms with van der Waals surface area (Å²) in [4.78, 5) is 13.8. The third-order valence-electron chi connectivity index (χ3n) is 4.39. The molecule has 6 heteroatoms. The van der Waals surface area contributed by atoms with Crippen molar-refractivity contribution >= 4 is 12.2 Å². The summed E-state index contributed by atoms with van der Waals surface area (Å²) in [6.07, 6.45) is 2.91. The van der Waals surface area contributed by atoms with Crippen molar-refractivity contribution in [1.82, 2.24) is 15.5 Å². The highest BCUT2D eigenvalue weighted by Gasteiger charge is 2.39. The number of cyclic esters (lactones) is 1. The van der Waals surface area contributed by atoms with E-state index in [2.05, 4.69) is 30.5 Å². The third kappa shape index (κ3) is 3.90. The Kier molecular flexibility index (Phi) is 5.18. The van der Waals surface area contributed by atoms with Gasteiger partial charge in [-0.3, -0.25) is 5.32 Å². The second-order valence-electron chi connectivity index (χ2n) is 7.07. The number of ether oxygens (including phenoxy) is 2. The van der Waals surface area contributed by atoms with Crippen LogP contribution in [0.15, 0.2) is 24.4 Å². The molecule has 1 fully saturated rings. The molecule has 1 aromatic rings. The molecule has 0 saturated carbocycles. The highest BCUT2D eigenvalue weighted by atomic mass is 16.6. The zero-order chi connectivity index (χ0) is 18.0. The van der Waals surface area contributed by atoms with E-state index in [9.17, 15) is 4.79 Å². The molecule has 1 amide bonds. The van der Waals surface area contributed by atoms with Crippen molar-refractivity contribution in [3.8, 4) is 5.75 Å². The molecule has 136 valence electrons. The van der Waals surface area contributed by atoms with E-state index in [4.69, 9.17) is 9.47 Å². The third-order valence-corrected chi connectivity index (χ3v) is 4.39. The van der Waals surface area contributed by atoms with Gasteiger partial charge < -0.3 is 19.7 Å². The molecule has 1 aromatic carbocycles. The Bertz CT molecular complexity index is 657. The first kappa shape index (κ1) is 17.6. The molecule has 2 atom stereocenters. The predicted molar refractivity (Wildman–Crippen MR) is 97.1 cm³/mol. The topological polar surface area (TPSA) is 62.8 Å². The first-order chi connectivity index (χ1) is 12.0. The van der Waals surface area contributed by atoms with Crippen LogP contribution in [0, 0.1) is 0 Å². The van der Waals surface area contributed by atoms with Crippen LogP contribution in [0.25, 0.3) is 6.08 Å². The first-order valence-corrected chi connectivity index (χ1v) is 8.87. The lowest BCUT2D eigenvalue weighted by atomic mass is 10.0. The Balaban J connectivity index is 1.81. The molecule has 2 N–H and O–H groups in total. The van der Waals surface area contributed by atoms with Gasteiger partial charge in [0.1, 0.15) is 5.75 Å². The average Bonchev–Trinajstić information content (AvgIpc) is 2.96. The van der Waals surface area contributed by atoms with E-state index in [0.717, 1.165) is 17.9 Å². The molecule has 2 aliphatic heterocycles. The van der Waals surface area contributed by atoms with Crippen LogP contribution < -0.4 is 15.4 Å². The quantitative estimate of drug-likeness (QED) is 0.776. The zero-order valence-electron chi connectivity index (χ0n) is 15.3. The average molecular weight is 345 g/mol. The Morgan fingerprint density at radius 2 is 2.12 bits per heavy atom. The normalized spacial score (nSPS) is 20.5. The molecule has 2 unspecified atom stereocenters. The maximum absolute atomic E-state index is 12.1. The number of hydrogen-bond donors (Lipinski definition) is 2. The zero-order valence-corrected chi connectivity index (χ0v) is 15.3. The van der Waals surface area contributed by atoms with Gasteiger partial charge in [0, 0.05) is 24.2 Å². The Hall–Kier alpha value is -2.21. The Morgan fingerprint density at radius 1 is 1.32 bits per heavy atom. The van der Waals surface area contributed by atoms with E-state index in [0.29, 0.717) is 6.54 Å². The molecule has 2 aliphatic rings. The number of nitrogens with one attached hydrogen (secondary N) is 2. The van der Waals surface area contributed by atoms with Gasteiger partial charge in [0.15, 0.2) is 12.3 Å². The summed E-state index contributed by atoms with van der Waals surface area (Å²) in [5.74, 6) is 0.799. The van der Waals surface area contributed by atoms with Crippen molar-refractivity contribution in [2.75, 3.05) is 6.54 Å². The van der Waals surface area contributed by atoms with Gasteiger partial charge in [-0.1, -0.05) is 12.1 Å². The number of nitrogens with zero attached hydrogens (tertiary/aromatic N) is 1. The van der Waals surface area contributed by atoms with Crippen molar-refractivity contribution < 1.29 is 14.3 Å². The molecule has 0 spiro atoms. The van der Waals surface area contributed by atoms with E-state index in [1.165, 1.54) is 5.56 Å². The number of carbonyl (C=O) groups is 1. The van der Waals surface area contributed by atoms with Gasteiger partial charge >= 0.3 is 6.09 Å². The fourth-order valence-electron chi connectivity index (χ4n) is 3.11. The van der Waals surface area contributed by atoms with Gasteiger partial charge in [-0.2, -0.15) is 0 Å². The van der Waals surface area contributed by atoms with Crippen molar-refractivity contribution in [2.45, 2.75) is 58.7 Å². The maximum atomic E-state index is 12.1. The lowest BCUT2D eigenvalue weighted by Gasteiger charge is -2.28. The van der Waals surface area contributed by atoms with Gasteiger partial charge in [-0.05, 0) is 51.6 Å². The molecule has 0 aromatic heterocycles. The Labute approximate surface area is 149 Å². The summed E-state index contributed by atoms with van der Waals surface area (Å²) in [6, 6.07) is 6.34. The molecule has 0 radical (unpaired) electrons. The monoisotopic (exact) mass is 345 g/mol. The molecule has 1 saturated heterocycles. The smallest absolute Gasteiger partial charge is 0.410 e. The highest BCUT2D eigenvalue weighted by Crippen LogP contribution is 2.28. The van der Waals surface area contributed by atoms with Crippen molar-refractivity contribution in [2.24, 2.45) is 0 Å². The summed E-state index contributed by atoms with van der Waals surface area (Å²) in [6.45, 7) is 9.38. The maximum Gasteiger partial charge on any atom is 0.410 e. The minimum Gasteiger partial charge on any atom is -0.471 e. The van der Waals surface area contributed by atoms with Crippen LogP contribution in [0.1, 0.15) is 38.8 Å². The lowest BCUT2D eigenvalue weighted by Crippen LogP contribution is -2.49. The minimum atomic E-state index is -0.400. The minimum absolute atomic E-state index is 0.107. The van der Waals surface area contributed by atoms with Gasteiger partial charge in [0.05, 0.1) is 6.54 Å². The Morgan fingerprint density at radius 3 is 2.80 bits per heavy atom. The van der Waals surface area contributed by atoms with Crippen LogP contribution in [0.4, 0.5) is 4.79 Å². The molecule has 6 nitrogen and oxygen atoms in total. The van der Waals surface area contributed by atoms with E-state index >= 15 is 0 Å². The highest BCUT2D eigenvalue weighted by molar-refractivity contribution is 5.70. The van der Waals surface area contributed by atoms with E-state index in [1.54, 1.807) is 4.90 Å². The van der Waals surface area contributed by atoms with Gasteiger partial charge in [0.25, 0.3) is 0 Å². The fraction of sp³-hybridized carbons (Fsp3) is 0.526. The largest absolute Gasteiger partial charge is 0.471 e. The summed E-state index contributed by atoms with van der Waals surface area (Å²) in [5, 5.41) is 6.60. The molecule has 0 aliphatic carbocycles. The fourth-order valence-corrected chi connectivity index (χ4v) is 3.11. The standard InChI is InChI=1S/C19H27N3O3/c1-12(2)21-18(17-11-22(13(3)4)19(23)25-17)24-16-7-5-6-14-10-20-9-8-15(14)16/h5-9,12-13,17-18,20-21H,10-11H2,1-4H3. The first-order valence-electron chi connectivity index (χ1n) is 8.87. The van der Waals surface area contributed by atoms with E-state index in [-0.39, 0.29) is 24.3 Å². The lowest BCUT2D eigenvalue weighted by molar-refractivity contribution is 0.0237. The summed E-state index contributed by atoms with van der Waals surface area (Å²) < 4.78 is 11.9. The number of amides is 1. The number of rotatable bonds is 6. The number of fused-ring (bicyclic) bond motifs is 1. The molecule has 0 bridgehead atoms. The van der Waals surface area contributed by atoms with Gasteiger partial charge in [-0.15, -0.1) is 0 Å². The van der Waals surface area contributed by atoms with Crippen molar-refractivity contribution in [1.29, 1.82) is 0 Å². The molecule has 3 rings (SSSR count). The van der Waals surface area contributed by atoms with Crippen molar-refractivity contribution in [3.63, 3.8) is 0 Å². The summed E-state index contributed by atoms with van der Waals surface area (Å²) in [5.41, 5.74) is 2.26. The van der Waals surface area contributed by atoms with Crippen molar-refractivity contribution in [3.05, 3.63) is 35.5 Å². The van der Waals surface area contributed by atoms with E-state index < -0.39 is 6.23 Å². The van der Waals surface area contributed by atoms with Crippen LogP contribution in [0.5, 0.6) is 5.75 Å². The SMILES string of the molecule is CC(C)NC(Oc1cccc2c1C=CNC2)C1CN(C(C)C)C(=O)O1. The van der Waals surface area contributed by atoms with Gasteiger partial charge in [0.2, 0.25) is 0 Å². The number of hydrogen-bond acceptors (Lipinski definition) is 5. The van der Waals surface area contributed by atoms with Crippen LogP contribution >= 0.6 is 0 Å². The van der Waals surface area contributed by atoms with Crippen LogP contribution in [0.2, 0.25) is 0 Å². The van der Waals surface area contributed by atoms with Crippen LogP contribution in [-0.2, 0) is 11.3 Å². The molecular formula is C19H27N3O3. The second-order valence-corrected chi connectivity index (χ2v) is 7.07. The summed E-state index contributed by atoms with van der Waals surface area (Å²) in [7, 11) is 0. The number of carbonyl (C=O) groups excluding carboxylic acids is 1. The second kappa shape index (κ2) is 7.35. The number of benzene rings is 1. The van der Waals surface area contributed by atoms with E-state index in [1.807, 2.05) is 38.3 Å². The molecule has 25 heavy (non-hydrogen) atoms. The molecular weight excluding hydrogens is 318 g/mol. The summed E-state index contributed by atoms with van der Waals surface area (Å²) >= 11 is 0. The van der Waals surface area contributed by atoms with Crippen LogP contribution in [-0.4, -0.2) is 42.0 Å². The van der Waals surface area contributed by atoms with Gasteiger partial charge in [-0.25, -0.2) is 4.79 Å². The molecule has 2 heterocycles. The van der Waals surface area contributed by atoms with Crippen LogP contribution in [0.3, 0.4) is 0 Å².